The molecule has 0 aliphatic heterocycles. The van der Waals surface area contributed by atoms with Crippen molar-refractivity contribution in [3.8, 4) is 0 Å². The number of carbonyl (C=O) groups is 2. The monoisotopic (exact) mass is 566 g/mol. The van der Waals surface area contributed by atoms with E-state index in [4.69, 9.17) is 0 Å². The molecular formula is C22H17BrF6N2O4. The van der Waals surface area contributed by atoms with Crippen LogP contribution >= 0.6 is 15.9 Å². The predicted octanol–water partition coefficient (Wildman–Crippen LogP) is 5.57. The maximum atomic E-state index is 13.4. The van der Waals surface area contributed by atoms with Crippen LogP contribution in [-0.2, 0) is 11.3 Å². The Morgan fingerprint density at radius 2 is 1.60 bits per heavy atom. The number of hydrogen-bond donors (Lipinski definition) is 0. The molecule has 188 valence electrons. The molecule has 0 N–H and O–H groups in total. The average molecular weight is 567 g/mol. The standard InChI is InChI=1S/C22H17BrF6N2O4/c1-11(2)10-30-16-8-7-12(23)9-15(16)17(31(30)34)18(32)13-5-3-4-6-14(13)19(33)35-20(21(24,25)26)22(27,28)29/h3-9,11,20H,10H2,1-2H3. The van der Waals surface area contributed by atoms with Gasteiger partial charge >= 0.3 is 18.3 Å². The molecule has 0 aliphatic carbocycles. The van der Waals surface area contributed by atoms with Gasteiger partial charge in [0.2, 0.25) is 0 Å². The van der Waals surface area contributed by atoms with Gasteiger partial charge in [-0.05, 0) is 36.2 Å². The van der Waals surface area contributed by atoms with E-state index in [0.29, 0.717) is 14.8 Å². The lowest BCUT2D eigenvalue weighted by atomic mass is 10.00. The van der Waals surface area contributed by atoms with E-state index in [1.165, 1.54) is 16.8 Å². The molecule has 3 aromatic rings. The molecule has 13 heteroatoms. The Kier molecular flexibility index (Phi) is 7.21. The van der Waals surface area contributed by atoms with Gasteiger partial charge in [-0.3, -0.25) is 4.79 Å². The van der Waals surface area contributed by atoms with Crippen molar-refractivity contribution in [1.29, 1.82) is 0 Å². The van der Waals surface area contributed by atoms with Crippen molar-refractivity contribution >= 4 is 38.6 Å². The van der Waals surface area contributed by atoms with Gasteiger partial charge < -0.3 is 9.94 Å². The van der Waals surface area contributed by atoms with Crippen LogP contribution in [-0.4, -0.2) is 34.9 Å². The topological polar surface area (TPSA) is 75.2 Å². The van der Waals surface area contributed by atoms with E-state index < -0.39 is 47.0 Å². The van der Waals surface area contributed by atoms with Crippen molar-refractivity contribution in [2.24, 2.45) is 5.92 Å². The van der Waals surface area contributed by atoms with Gasteiger partial charge in [-0.1, -0.05) is 46.8 Å². The lowest BCUT2D eigenvalue weighted by Crippen LogP contribution is -2.46. The van der Waals surface area contributed by atoms with E-state index in [1.807, 2.05) is 13.8 Å². The summed E-state index contributed by atoms with van der Waals surface area (Å²) in [5, 5.41) is 13.3. The average Bonchev–Trinajstić information content (AvgIpc) is 2.99. The maximum Gasteiger partial charge on any atom is 0.434 e. The van der Waals surface area contributed by atoms with Gasteiger partial charge in [0.15, 0.2) is 0 Å². The highest BCUT2D eigenvalue weighted by Crippen LogP contribution is 2.36. The minimum absolute atomic E-state index is 0.0127. The smallest absolute Gasteiger partial charge is 0.434 e. The van der Waals surface area contributed by atoms with Crippen molar-refractivity contribution in [3.63, 3.8) is 0 Å². The Balaban J connectivity index is 2.13. The highest BCUT2D eigenvalue weighted by molar-refractivity contribution is 9.10. The molecule has 0 aliphatic rings. The van der Waals surface area contributed by atoms with Crippen molar-refractivity contribution in [2.45, 2.75) is 38.8 Å². The number of halogens is 7. The number of aromatic nitrogens is 2. The Labute approximate surface area is 202 Å². The number of fused-ring (bicyclic) bond motifs is 1. The number of alkyl halides is 6. The summed E-state index contributed by atoms with van der Waals surface area (Å²) in [6.07, 6.45) is -16.2. The third kappa shape index (κ3) is 5.44. The van der Waals surface area contributed by atoms with Crippen LogP contribution in [0.3, 0.4) is 0 Å². The number of carbonyl (C=O) groups excluding carboxylic acids is 2. The van der Waals surface area contributed by atoms with Crippen LogP contribution in [0, 0.1) is 11.1 Å². The first kappa shape index (κ1) is 26.5. The zero-order valence-corrected chi connectivity index (χ0v) is 19.7. The zero-order chi connectivity index (χ0) is 26.3. The molecule has 1 aromatic heterocycles. The molecule has 0 unspecified atom stereocenters. The van der Waals surface area contributed by atoms with Gasteiger partial charge in [-0.25, -0.2) is 4.79 Å². The maximum absolute atomic E-state index is 13.4. The highest BCUT2D eigenvalue weighted by Gasteiger charge is 2.60. The second-order valence-electron chi connectivity index (χ2n) is 8.00. The van der Waals surface area contributed by atoms with Gasteiger partial charge in [0.1, 0.15) is 5.52 Å². The second-order valence-corrected chi connectivity index (χ2v) is 8.92. The van der Waals surface area contributed by atoms with Crippen LogP contribution in [0.15, 0.2) is 46.9 Å². The van der Waals surface area contributed by atoms with Crippen LogP contribution in [0.4, 0.5) is 26.3 Å². The molecule has 1 heterocycles. The van der Waals surface area contributed by atoms with E-state index in [2.05, 4.69) is 20.7 Å². The Morgan fingerprint density at radius 3 is 2.14 bits per heavy atom. The first-order valence-electron chi connectivity index (χ1n) is 10.0. The summed E-state index contributed by atoms with van der Waals surface area (Å²) >= 11 is 3.24. The first-order valence-corrected chi connectivity index (χ1v) is 10.8. The molecule has 0 saturated carbocycles. The van der Waals surface area contributed by atoms with Crippen molar-refractivity contribution in [2.75, 3.05) is 0 Å². The fourth-order valence-electron chi connectivity index (χ4n) is 3.45. The van der Waals surface area contributed by atoms with Crippen molar-refractivity contribution in [1.82, 2.24) is 4.68 Å². The van der Waals surface area contributed by atoms with Crippen molar-refractivity contribution in [3.05, 3.63) is 69.0 Å². The minimum atomic E-state index is -5.93. The molecule has 2 aromatic carbocycles. The largest absolute Gasteiger partial charge is 0.595 e. The number of hydrogen-bond acceptors (Lipinski definition) is 4. The molecule has 0 fully saturated rings. The summed E-state index contributed by atoms with van der Waals surface area (Å²) in [6.45, 7) is 3.86. The van der Waals surface area contributed by atoms with Crippen LogP contribution < -0.4 is 4.85 Å². The van der Waals surface area contributed by atoms with E-state index in [9.17, 15) is 41.1 Å². The number of esters is 1. The zero-order valence-electron chi connectivity index (χ0n) is 18.1. The van der Waals surface area contributed by atoms with E-state index in [-0.39, 0.29) is 17.8 Å². The summed E-state index contributed by atoms with van der Waals surface area (Å²) in [5.41, 5.74) is -1.52. The molecule has 0 saturated heterocycles. The van der Waals surface area contributed by atoms with Gasteiger partial charge in [0.25, 0.3) is 17.6 Å². The van der Waals surface area contributed by atoms with Crippen molar-refractivity contribution < 1.29 is 45.5 Å². The van der Waals surface area contributed by atoms with E-state index >= 15 is 0 Å². The summed E-state index contributed by atoms with van der Waals surface area (Å²) in [5.74, 6) is -3.10. The molecular weight excluding hydrogens is 550 g/mol. The fraction of sp³-hybridized carbons (Fsp3) is 0.318. The van der Waals surface area contributed by atoms with Gasteiger partial charge in [-0.15, -0.1) is 4.68 Å². The lowest BCUT2D eigenvalue weighted by Gasteiger charge is -2.23. The summed E-state index contributed by atoms with van der Waals surface area (Å²) in [4.78, 5) is 26.1. The number of nitrogens with zero attached hydrogens (tertiary/aromatic N) is 2. The number of benzene rings is 2. The van der Waals surface area contributed by atoms with Crippen LogP contribution in [0.2, 0.25) is 0 Å². The summed E-state index contributed by atoms with van der Waals surface area (Å²) in [7, 11) is 0. The molecule has 0 atom stereocenters. The molecule has 35 heavy (non-hydrogen) atoms. The van der Waals surface area contributed by atoms with E-state index in [1.54, 1.807) is 12.1 Å². The number of ether oxygens (including phenoxy) is 1. The minimum Gasteiger partial charge on any atom is -0.595 e. The molecule has 3 rings (SSSR count). The Hall–Kier alpha value is -3.09. The molecule has 0 spiro atoms. The Bertz CT molecular complexity index is 1270. The van der Waals surface area contributed by atoms with Gasteiger partial charge in [-0.2, -0.15) is 26.3 Å². The predicted molar refractivity (Wildman–Crippen MR) is 115 cm³/mol. The van der Waals surface area contributed by atoms with Crippen LogP contribution in [0.1, 0.15) is 40.3 Å². The SMILES string of the molecule is CC(C)Cn1c2ccc(Br)cc2c(C(=O)c2ccccc2C(=O)OC(C(F)(F)F)C(F)(F)F)[n+]1[O-]. The molecule has 0 radical (unpaired) electrons. The third-order valence-corrected chi connectivity index (χ3v) is 5.36. The number of ketones is 1. The summed E-state index contributed by atoms with van der Waals surface area (Å²) in [6, 6.07) is 8.91. The van der Waals surface area contributed by atoms with Crippen LogP contribution in [0.25, 0.3) is 10.9 Å². The quantitative estimate of drug-likeness (QED) is 0.128. The Morgan fingerprint density at radius 1 is 1.03 bits per heavy atom. The third-order valence-electron chi connectivity index (χ3n) is 4.87. The normalized spacial score (nSPS) is 12.5. The number of rotatable bonds is 6. The van der Waals surface area contributed by atoms with E-state index in [0.717, 1.165) is 18.2 Å². The van der Waals surface area contributed by atoms with Gasteiger partial charge in [0.05, 0.1) is 17.5 Å². The molecule has 0 bridgehead atoms. The van der Waals surface area contributed by atoms with Gasteiger partial charge in [0, 0.05) is 10.0 Å². The van der Waals surface area contributed by atoms with Crippen LogP contribution in [0.5, 0.6) is 0 Å². The lowest BCUT2D eigenvalue weighted by molar-refractivity contribution is -0.693. The molecule has 6 nitrogen and oxygen atoms in total. The summed E-state index contributed by atoms with van der Waals surface area (Å²) < 4.78 is 82.8. The molecule has 0 amide bonds. The first-order chi connectivity index (χ1) is 16.1. The highest BCUT2D eigenvalue weighted by atomic mass is 79.9. The fourth-order valence-corrected chi connectivity index (χ4v) is 3.81. The second kappa shape index (κ2) is 9.51.